The van der Waals surface area contributed by atoms with Crippen molar-refractivity contribution in [2.24, 2.45) is 0 Å². The maximum absolute atomic E-state index is 11.6. The molecule has 1 N–H and O–H groups in total. The number of hydrogen-bond acceptors (Lipinski definition) is 8. The molecule has 0 radical (unpaired) electrons. The van der Waals surface area contributed by atoms with Crippen LogP contribution in [0.5, 0.6) is 0 Å². The summed E-state index contributed by atoms with van der Waals surface area (Å²) in [5, 5.41) is 14.6. The number of nitro benzene ring substituents is 1. The number of hydrogen-bond donors (Lipinski definition) is 1. The minimum Gasteiger partial charge on any atom is -0.436 e. The molecule has 1 aliphatic heterocycles. The van der Waals surface area contributed by atoms with Crippen molar-refractivity contribution in [2.45, 2.75) is 13.8 Å². The van der Waals surface area contributed by atoms with E-state index in [0.29, 0.717) is 54.4 Å². The van der Waals surface area contributed by atoms with Gasteiger partial charge in [0.1, 0.15) is 11.2 Å². The maximum atomic E-state index is 11.6. The molecule has 0 bridgehead atoms. The summed E-state index contributed by atoms with van der Waals surface area (Å²) in [5.41, 5.74) is 2.18. The van der Waals surface area contributed by atoms with Crippen molar-refractivity contribution in [3.05, 3.63) is 52.6 Å². The van der Waals surface area contributed by atoms with Crippen LogP contribution in [0.3, 0.4) is 0 Å². The number of oxazole rings is 1. The Morgan fingerprint density at radius 3 is 2.55 bits per heavy atom. The van der Waals surface area contributed by atoms with E-state index in [-0.39, 0.29) is 17.2 Å². The fourth-order valence-corrected chi connectivity index (χ4v) is 4.56. The van der Waals surface area contributed by atoms with E-state index in [2.05, 4.69) is 10.3 Å². The van der Waals surface area contributed by atoms with Gasteiger partial charge in [-0.3, -0.25) is 15.0 Å². The molecule has 1 saturated heterocycles. The quantitative estimate of drug-likeness (QED) is 0.451. The number of nitro groups is 1. The average molecular weight is 447 g/mol. The molecule has 9 nitrogen and oxygen atoms in total. The van der Waals surface area contributed by atoms with Crippen LogP contribution in [0, 0.1) is 10.1 Å². The Morgan fingerprint density at radius 2 is 1.87 bits per heavy atom. The van der Waals surface area contributed by atoms with Gasteiger partial charge in [0, 0.05) is 37.8 Å². The minimum atomic E-state index is -2.92. The van der Waals surface area contributed by atoms with Crippen LogP contribution in [0.15, 0.2) is 46.9 Å². The molecule has 31 heavy (non-hydrogen) atoms. The number of rotatable bonds is 6. The smallest absolute Gasteiger partial charge is 0.293 e. The Morgan fingerprint density at radius 1 is 1.16 bits per heavy atom. The fourth-order valence-electron chi connectivity index (χ4n) is 3.28. The normalized spacial score (nSPS) is 15.8. The largest absolute Gasteiger partial charge is 0.436 e. The predicted molar refractivity (Wildman–Crippen MR) is 121 cm³/mol. The highest BCUT2D eigenvalue weighted by atomic mass is 32.2. The standard InChI is InChI=1S/C19H20N4O5S.C2H6/c24-23(25)17-13-14(19-21-16-3-1-2-4-18(16)28-19)5-6-15(17)20-7-8-22-9-11-29(26,27)12-10-22;1-2/h1-6,13,20H,7-12H2;1-2H3. The van der Waals surface area contributed by atoms with E-state index in [1.807, 2.05) is 36.9 Å². The van der Waals surface area contributed by atoms with Gasteiger partial charge in [0.15, 0.2) is 15.4 Å². The number of sulfone groups is 1. The first-order valence-electron chi connectivity index (χ1n) is 10.2. The van der Waals surface area contributed by atoms with Crippen LogP contribution in [0.1, 0.15) is 13.8 Å². The first-order chi connectivity index (χ1) is 14.9. The van der Waals surface area contributed by atoms with Gasteiger partial charge in [0.25, 0.3) is 5.69 Å². The number of para-hydroxylation sites is 2. The van der Waals surface area contributed by atoms with Crippen molar-refractivity contribution in [3.8, 4) is 11.5 Å². The van der Waals surface area contributed by atoms with Gasteiger partial charge in [-0.2, -0.15) is 0 Å². The Bertz CT molecular complexity index is 1110. The Labute approximate surface area is 181 Å². The molecule has 3 aromatic rings. The lowest BCUT2D eigenvalue weighted by molar-refractivity contribution is -0.383. The highest BCUT2D eigenvalue weighted by Crippen LogP contribution is 2.31. The van der Waals surface area contributed by atoms with Gasteiger partial charge in [-0.1, -0.05) is 26.0 Å². The lowest BCUT2D eigenvalue weighted by Crippen LogP contribution is -2.42. The van der Waals surface area contributed by atoms with E-state index in [1.165, 1.54) is 6.07 Å². The zero-order valence-electron chi connectivity index (χ0n) is 17.6. The molecule has 0 unspecified atom stereocenters. The van der Waals surface area contributed by atoms with Crippen molar-refractivity contribution >= 4 is 32.3 Å². The van der Waals surface area contributed by atoms with E-state index in [1.54, 1.807) is 18.2 Å². The molecule has 0 atom stereocenters. The molecular formula is C21H26N4O5S. The average Bonchev–Trinajstić information content (AvgIpc) is 3.21. The fraction of sp³-hybridized carbons (Fsp3) is 0.381. The zero-order valence-corrected chi connectivity index (χ0v) is 18.4. The first kappa shape index (κ1) is 22.7. The third kappa shape index (κ3) is 5.59. The number of benzene rings is 2. The molecule has 0 amide bonds. The van der Waals surface area contributed by atoms with Crippen LogP contribution in [0.2, 0.25) is 0 Å². The molecule has 1 aromatic heterocycles. The van der Waals surface area contributed by atoms with Crippen LogP contribution >= 0.6 is 0 Å². The third-order valence-electron chi connectivity index (χ3n) is 4.92. The highest BCUT2D eigenvalue weighted by Gasteiger charge is 2.22. The second-order valence-electron chi connectivity index (χ2n) is 6.90. The second kappa shape index (κ2) is 9.88. The van der Waals surface area contributed by atoms with Gasteiger partial charge in [-0.15, -0.1) is 0 Å². The molecule has 166 valence electrons. The van der Waals surface area contributed by atoms with E-state index >= 15 is 0 Å². The summed E-state index contributed by atoms with van der Waals surface area (Å²) in [6, 6.07) is 12.1. The first-order valence-corrected chi connectivity index (χ1v) is 12.0. The van der Waals surface area contributed by atoms with Crippen LogP contribution in [0.25, 0.3) is 22.6 Å². The Balaban J connectivity index is 0.00000132. The zero-order chi connectivity index (χ0) is 22.4. The second-order valence-corrected chi connectivity index (χ2v) is 9.20. The molecule has 1 fully saturated rings. The molecule has 2 aromatic carbocycles. The third-order valence-corrected chi connectivity index (χ3v) is 6.52. The molecule has 10 heteroatoms. The van der Waals surface area contributed by atoms with E-state index in [0.717, 1.165) is 0 Å². The van der Waals surface area contributed by atoms with Crippen molar-refractivity contribution in [1.29, 1.82) is 0 Å². The van der Waals surface area contributed by atoms with Crippen LogP contribution in [0.4, 0.5) is 11.4 Å². The molecule has 0 spiro atoms. The topological polar surface area (TPSA) is 119 Å². The summed E-state index contributed by atoms with van der Waals surface area (Å²) in [6.07, 6.45) is 0. The number of nitrogens with zero attached hydrogens (tertiary/aromatic N) is 3. The Hall–Kier alpha value is -2.98. The van der Waals surface area contributed by atoms with E-state index < -0.39 is 14.8 Å². The Kier molecular flexibility index (Phi) is 7.24. The lowest BCUT2D eigenvalue weighted by atomic mass is 10.1. The molecule has 2 heterocycles. The maximum Gasteiger partial charge on any atom is 0.293 e. The summed E-state index contributed by atoms with van der Waals surface area (Å²) in [4.78, 5) is 17.5. The van der Waals surface area contributed by atoms with Crippen molar-refractivity contribution in [3.63, 3.8) is 0 Å². The number of fused-ring (bicyclic) bond motifs is 1. The monoisotopic (exact) mass is 446 g/mol. The number of anilines is 1. The van der Waals surface area contributed by atoms with E-state index in [4.69, 9.17) is 4.42 Å². The van der Waals surface area contributed by atoms with Crippen molar-refractivity contribution in [2.75, 3.05) is 43.0 Å². The van der Waals surface area contributed by atoms with Crippen LogP contribution in [-0.4, -0.2) is 60.9 Å². The lowest BCUT2D eigenvalue weighted by Gasteiger charge is -2.26. The predicted octanol–water partition coefficient (Wildman–Crippen LogP) is 3.57. The summed E-state index contributed by atoms with van der Waals surface area (Å²) >= 11 is 0. The van der Waals surface area contributed by atoms with Gasteiger partial charge < -0.3 is 9.73 Å². The van der Waals surface area contributed by atoms with Gasteiger partial charge in [-0.25, -0.2) is 13.4 Å². The molecular weight excluding hydrogens is 420 g/mol. The summed E-state index contributed by atoms with van der Waals surface area (Å²) in [7, 11) is -2.92. The SMILES string of the molecule is CC.O=[N+]([O-])c1cc(-c2nc3ccccc3o2)ccc1NCCN1CCS(=O)(=O)CC1. The molecule has 0 aliphatic carbocycles. The highest BCUT2D eigenvalue weighted by molar-refractivity contribution is 7.91. The summed E-state index contributed by atoms with van der Waals surface area (Å²) < 4.78 is 28.7. The van der Waals surface area contributed by atoms with Crippen molar-refractivity contribution in [1.82, 2.24) is 9.88 Å². The van der Waals surface area contributed by atoms with Crippen LogP contribution in [-0.2, 0) is 9.84 Å². The minimum absolute atomic E-state index is 0.0639. The van der Waals surface area contributed by atoms with Gasteiger partial charge >= 0.3 is 0 Å². The van der Waals surface area contributed by atoms with Crippen molar-refractivity contribution < 1.29 is 17.8 Å². The van der Waals surface area contributed by atoms with Gasteiger partial charge in [-0.05, 0) is 24.3 Å². The molecule has 0 saturated carbocycles. The molecule has 4 rings (SSSR count). The van der Waals surface area contributed by atoms with Gasteiger partial charge in [0.2, 0.25) is 5.89 Å². The van der Waals surface area contributed by atoms with E-state index in [9.17, 15) is 18.5 Å². The van der Waals surface area contributed by atoms with Crippen LogP contribution < -0.4 is 5.32 Å². The van der Waals surface area contributed by atoms with Gasteiger partial charge in [0.05, 0.1) is 16.4 Å². The number of aromatic nitrogens is 1. The number of nitrogens with one attached hydrogen (secondary N) is 1. The molecule has 1 aliphatic rings. The summed E-state index contributed by atoms with van der Waals surface area (Å²) in [6.45, 7) is 6.06. The summed E-state index contributed by atoms with van der Waals surface area (Å²) in [5.74, 6) is 0.647.